The van der Waals surface area contributed by atoms with E-state index in [1.165, 1.54) is 11.3 Å². The lowest BCUT2D eigenvalue weighted by molar-refractivity contribution is -0.394. The molecule has 0 saturated heterocycles. The number of carbonyl (C=O) groups is 2. The lowest BCUT2D eigenvalue weighted by atomic mass is 10.2. The van der Waals surface area contributed by atoms with E-state index in [2.05, 4.69) is 10.6 Å². The third-order valence-corrected chi connectivity index (χ3v) is 4.77. The monoisotopic (exact) mass is 442 g/mol. The molecule has 0 saturated carbocycles. The van der Waals surface area contributed by atoms with Gasteiger partial charge in [-0.05, 0) is 29.6 Å². The van der Waals surface area contributed by atoms with Gasteiger partial charge in [0, 0.05) is 6.07 Å². The van der Waals surface area contributed by atoms with Gasteiger partial charge in [-0.3, -0.25) is 29.8 Å². The van der Waals surface area contributed by atoms with Crippen LogP contribution in [0.5, 0.6) is 5.75 Å². The van der Waals surface area contributed by atoms with E-state index in [4.69, 9.17) is 4.74 Å². The van der Waals surface area contributed by atoms with Crippen molar-refractivity contribution in [2.45, 2.75) is 0 Å². The van der Waals surface area contributed by atoms with Crippen LogP contribution in [-0.4, -0.2) is 28.3 Å². The molecule has 12 heteroatoms. The Morgan fingerprint density at radius 2 is 1.65 bits per heavy atom. The highest BCUT2D eigenvalue weighted by atomic mass is 32.1. The molecule has 0 aliphatic carbocycles. The number of hydrogen-bond donors (Lipinski definition) is 2. The summed E-state index contributed by atoms with van der Waals surface area (Å²) in [6.45, 7) is -0.591. The number of thiophene rings is 1. The third kappa shape index (κ3) is 5.39. The second-order valence-corrected chi connectivity index (χ2v) is 6.93. The zero-order valence-electron chi connectivity index (χ0n) is 15.6. The van der Waals surface area contributed by atoms with Gasteiger partial charge in [-0.2, -0.15) is 0 Å². The van der Waals surface area contributed by atoms with Gasteiger partial charge in [-0.15, -0.1) is 11.3 Å². The molecule has 3 rings (SSSR count). The maximum atomic E-state index is 12.3. The summed E-state index contributed by atoms with van der Waals surface area (Å²) in [6.07, 6.45) is 0. The third-order valence-electron chi connectivity index (χ3n) is 3.90. The van der Waals surface area contributed by atoms with Gasteiger partial charge in [0.25, 0.3) is 17.5 Å². The molecule has 0 aliphatic heterocycles. The molecule has 2 amide bonds. The Morgan fingerprint density at radius 1 is 0.935 bits per heavy atom. The van der Waals surface area contributed by atoms with Crippen molar-refractivity contribution in [1.82, 2.24) is 0 Å². The zero-order chi connectivity index (χ0) is 22.4. The van der Waals surface area contributed by atoms with Gasteiger partial charge < -0.3 is 15.4 Å². The summed E-state index contributed by atoms with van der Waals surface area (Å²) < 4.78 is 5.19. The van der Waals surface area contributed by atoms with Crippen LogP contribution in [0.4, 0.5) is 22.7 Å². The molecule has 1 heterocycles. The first-order valence-corrected chi connectivity index (χ1v) is 9.52. The van der Waals surface area contributed by atoms with Gasteiger partial charge in [-0.1, -0.05) is 18.2 Å². The number of nitrogens with zero attached hydrogens (tertiary/aromatic N) is 2. The number of amides is 2. The number of para-hydroxylation sites is 2. The highest BCUT2D eigenvalue weighted by molar-refractivity contribution is 7.12. The van der Waals surface area contributed by atoms with Gasteiger partial charge in [0.1, 0.15) is 0 Å². The van der Waals surface area contributed by atoms with Crippen LogP contribution in [0.15, 0.2) is 60.0 Å². The molecule has 0 bridgehead atoms. The Morgan fingerprint density at radius 3 is 2.26 bits per heavy atom. The molecule has 0 atom stereocenters. The standard InChI is InChI=1S/C19H14N4O7S/c24-18(11-30-16-8-7-12(22(26)27)10-15(16)23(28)29)20-13-4-1-2-5-14(13)21-19(25)17-6-3-9-31-17/h1-10H,11H2,(H,20,24)(H,21,25). The zero-order valence-corrected chi connectivity index (χ0v) is 16.5. The second kappa shape index (κ2) is 9.45. The van der Waals surface area contributed by atoms with E-state index in [1.54, 1.807) is 41.8 Å². The van der Waals surface area contributed by atoms with E-state index in [0.717, 1.165) is 18.2 Å². The van der Waals surface area contributed by atoms with Crippen LogP contribution in [0.1, 0.15) is 9.67 Å². The van der Waals surface area contributed by atoms with Crippen molar-refractivity contribution in [3.8, 4) is 5.75 Å². The number of nitrogens with one attached hydrogen (secondary N) is 2. The van der Waals surface area contributed by atoms with E-state index < -0.39 is 33.7 Å². The van der Waals surface area contributed by atoms with E-state index in [-0.39, 0.29) is 11.7 Å². The topological polar surface area (TPSA) is 154 Å². The minimum absolute atomic E-state index is 0.287. The fraction of sp³-hybridized carbons (Fsp3) is 0.0526. The molecule has 2 aromatic carbocycles. The molecule has 0 aliphatic rings. The first-order chi connectivity index (χ1) is 14.8. The summed E-state index contributed by atoms with van der Waals surface area (Å²) >= 11 is 1.27. The molecule has 31 heavy (non-hydrogen) atoms. The molecular weight excluding hydrogens is 428 g/mol. The maximum absolute atomic E-state index is 12.3. The number of ether oxygens (including phenoxy) is 1. The molecule has 1 aromatic heterocycles. The molecule has 0 unspecified atom stereocenters. The lowest BCUT2D eigenvalue weighted by Gasteiger charge is -2.12. The molecule has 0 spiro atoms. The molecular formula is C19H14N4O7S. The summed E-state index contributed by atoms with van der Waals surface area (Å²) in [4.78, 5) is 45.3. The smallest absolute Gasteiger partial charge is 0.317 e. The molecule has 0 radical (unpaired) electrons. The van der Waals surface area contributed by atoms with Crippen LogP contribution in [-0.2, 0) is 4.79 Å². The number of benzene rings is 2. The molecule has 3 aromatic rings. The Kier molecular flexibility index (Phi) is 6.52. The first kappa shape index (κ1) is 21.4. The predicted molar refractivity (Wildman–Crippen MR) is 113 cm³/mol. The van der Waals surface area contributed by atoms with Crippen molar-refractivity contribution in [1.29, 1.82) is 0 Å². The number of carbonyl (C=O) groups excluding carboxylic acids is 2. The van der Waals surface area contributed by atoms with Crippen molar-refractivity contribution in [2.75, 3.05) is 17.2 Å². The van der Waals surface area contributed by atoms with Crippen molar-refractivity contribution >= 4 is 45.9 Å². The quantitative estimate of drug-likeness (QED) is 0.397. The van der Waals surface area contributed by atoms with Crippen LogP contribution in [0.3, 0.4) is 0 Å². The largest absolute Gasteiger partial charge is 0.477 e. The minimum Gasteiger partial charge on any atom is -0.477 e. The SMILES string of the molecule is O=C(COc1ccc([N+](=O)[O-])cc1[N+](=O)[O-])Nc1ccccc1NC(=O)c1cccs1. The van der Waals surface area contributed by atoms with Gasteiger partial charge in [0.15, 0.2) is 12.4 Å². The summed E-state index contributed by atoms with van der Waals surface area (Å²) in [5, 5.41) is 28.9. The fourth-order valence-corrected chi connectivity index (χ4v) is 3.13. The van der Waals surface area contributed by atoms with E-state index in [0.29, 0.717) is 16.3 Å². The number of nitro benzene ring substituents is 2. The van der Waals surface area contributed by atoms with E-state index in [1.807, 2.05) is 0 Å². The van der Waals surface area contributed by atoms with Crippen LogP contribution >= 0.6 is 11.3 Å². The number of non-ortho nitro benzene ring substituents is 1. The Labute approximate surface area is 178 Å². The molecule has 2 N–H and O–H groups in total. The Bertz CT molecular complexity index is 1150. The van der Waals surface area contributed by atoms with Crippen LogP contribution in [0.2, 0.25) is 0 Å². The summed E-state index contributed by atoms with van der Waals surface area (Å²) in [5.74, 6) is -1.27. The Balaban J connectivity index is 1.68. The Hall–Kier alpha value is -4.32. The fourth-order valence-electron chi connectivity index (χ4n) is 2.51. The highest BCUT2D eigenvalue weighted by Gasteiger charge is 2.21. The lowest BCUT2D eigenvalue weighted by Crippen LogP contribution is -2.22. The number of nitro groups is 2. The summed E-state index contributed by atoms with van der Waals surface area (Å²) in [7, 11) is 0. The highest BCUT2D eigenvalue weighted by Crippen LogP contribution is 2.31. The van der Waals surface area contributed by atoms with Crippen LogP contribution < -0.4 is 15.4 Å². The number of rotatable bonds is 8. The minimum atomic E-state index is -0.838. The van der Waals surface area contributed by atoms with Gasteiger partial charge in [0.2, 0.25) is 0 Å². The van der Waals surface area contributed by atoms with Crippen LogP contribution in [0, 0.1) is 20.2 Å². The molecule has 158 valence electrons. The van der Waals surface area contributed by atoms with Gasteiger partial charge in [-0.25, -0.2) is 0 Å². The maximum Gasteiger partial charge on any atom is 0.317 e. The number of hydrogen-bond acceptors (Lipinski definition) is 8. The van der Waals surface area contributed by atoms with Gasteiger partial charge >= 0.3 is 5.69 Å². The first-order valence-electron chi connectivity index (χ1n) is 8.64. The molecule has 11 nitrogen and oxygen atoms in total. The van der Waals surface area contributed by atoms with Gasteiger partial charge in [0.05, 0.1) is 32.2 Å². The predicted octanol–water partition coefficient (Wildman–Crippen LogP) is 3.83. The van der Waals surface area contributed by atoms with E-state index >= 15 is 0 Å². The summed E-state index contributed by atoms with van der Waals surface area (Å²) in [5.41, 5.74) is -0.445. The average Bonchev–Trinajstić information content (AvgIpc) is 3.28. The van der Waals surface area contributed by atoms with Crippen molar-refractivity contribution < 1.29 is 24.2 Å². The molecule has 0 fully saturated rings. The number of anilines is 2. The van der Waals surface area contributed by atoms with Crippen molar-refractivity contribution in [2.24, 2.45) is 0 Å². The van der Waals surface area contributed by atoms with Crippen LogP contribution in [0.25, 0.3) is 0 Å². The average molecular weight is 442 g/mol. The second-order valence-electron chi connectivity index (χ2n) is 5.98. The van der Waals surface area contributed by atoms with E-state index in [9.17, 15) is 29.8 Å². The van der Waals surface area contributed by atoms with Crippen molar-refractivity contribution in [3.63, 3.8) is 0 Å². The summed E-state index contributed by atoms with van der Waals surface area (Å²) in [6, 6.07) is 12.7. The van der Waals surface area contributed by atoms with Crippen molar-refractivity contribution in [3.05, 3.63) is 85.1 Å². The normalized spacial score (nSPS) is 10.2.